The Morgan fingerprint density at radius 1 is 1.04 bits per heavy atom. The molecule has 5 rings (SSSR count). The topological polar surface area (TPSA) is 48.7 Å². The minimum Gasteiger partial charge on any atom is -0.454 e. The van der Waals surface area contributed by atoms with Gasteiger partial charge in [0.25, 0.3) is 0 Å². The van der Waals surface area contributed by atoms with E-state index in [0.29, 0.717) is 5.58 Å². The van der Waals surface area contributed by atoms with Crippen LogP contribution in [0, 0.1) is 0 Å². The predicted molar refractivity (Wildman–Crippen MR) is 87.4 cm³/mol. The van der Waals surface area contributed by atoms with Gasteiger partial charge in [-0.05, 0) is 35.7 Å². The first-order valence-electron chi connectivity index (χ1n) is 7.40. The summed E-state index contributed by atoms with van der Waals surface area (Å²) < 4.78 is 16.3. The second-order valence-electron chi connectivity index (χ2n) is 5.62. The van der Waals surface area contributed by atoms with Crippen LogP contribution in [0.3, 0.4) is 0 Å². The molecule has 0 radical (unpaired) electrons. The lowest BCUT2D eigenvalue weighted by Gasteiger charge is -2.09. The van der Waals surface area contributed by atoms with Crippen molar-refractivity contribution in [2.24, 2.45) is 0 Å². The first kappa shape index (κ1) is 13.1. The van der Waals surface area contributed by atoms with Gasteiger partial charge in [0.2, 0.25) is 6.79 Å². The van der Waals surface area contributed by atoms with Crippen molar-refractivity contribution >= 4 is 22.7 Å². The van der Waals surface area contributed by atoms with Gasteiger partial charge in [-0.25, -0.2) is 4.79 Å². The Morgan fingerprint density at radius 3 is 2.87 bits per heavy atom. The molecular formula is C18H12O4S. The number of rotatable bonds is 1. The molecule has 0 bridgehead atoms. The molecule has 3 heterocycles. The maximum Gasteiger partial charge on any atom is 0.350 e. The second-order valence-corrected chi connectivity index (χ2v) is 6.83. The number of hydrogen-bond donors (Lipinski definition) is 0. The van der Waals surface area contributed by atoms with Crippen LogP contribution < -0.4 is 15.1 Å². The maximum atomic E-state index is 12.3. The summed E-state index contributed by atoms with van der Waals surface area (Å²) in [6, 6.07) is 13.7. The third-order valence-corrected chi connectivity index (χ3v) is 5.66. The van der Waals surface area contributed by atoms with E-state index in [-0.39, 0.29) is 17.7 Å². The second kappa shape index (κ2) is 4.80. The summed E-state index contributed by atoms with van der Waals surface area (Å²) in [5.74, 6) is 1.55. The van der Waals surface area contributed by atoms with Crippen molar-refractivity contribution in [2.45, 2.75) is 16.6 Å². The van der Waals surface area contributed by atoms with E-state index in [1.807, 2.05) is 42.5 Å². The van der Waals surface area contributed by atoms with Crippen LogP contribution in [0.1, 0.15) is 16.4 Å². The molecule has 1 aromatic heterocycles. The van der Waals surface area contributed by atoms with E-state index in [9.17, 15) is 4.79 Å². The smallest absolute Gasteiger partial charge is 0.350 e. The molecule has 0 saturated carbocycles. The summed E-state index contributed by atoms with van der Waals surface area (Å²) in [6.07, 6.45) is 0.811. The van der Waals surface area contributed by atoms with Crippen LogP contribution in [0.15, 0.2) is 56.6 Å². The molecular weight excluding hydrogens is 312 g/mol. The number of fused-ring (bicyclic) bond motifs is 4. The van der Waals surface area contributed by atoms with Crippen molar-refractivity contribution < 1.29 is 13.9 Å². The molecule has 2 aromatic carbocycles. The highest BCUT2D eigenvalue weighted by Crippen LogP contribution is 2.48. The van der Waals surface area contributed by atoms with Gasteiger partial charge in [-0.3, -0.25) is 0 Å². The minimum atomic E-state index is -0.244. The Bertz CT molecular complexity index is 992. The van der Waals surface area contributed by atoms with E-state index in [0.717, 1.165) is 39.3 Å². The van der Waals surface area contributed by atoms with Gasteiger partial charge in [0.1, 0.15) is 5.58 Å². The Morgan fingerprint density at radius 2 is 1.91 bits per heavy atom. The Hall–Kier alpha value is -2.40. The fourth-order valence-electron chi connectivity index (χ4n) is 3.19. The molecule has 1 unspecified atom stereocenters. The molecule has 0 spiro atoms. The van der Waals surface area contributed by atoms with Gasteiger partial charge in [-0.15, -0.1) is 11.8 Å². The van der Waals surface area contributed by atoms with Gasteiger partial charge in [0.05, 0.1) is 4.90 Å². The quantitative estimate of drug-likeness (QED) is 0.635. The first-order valence-corrected chi connectivity index (χ1v) is 8.28. The fourth-order valence-corrected chi connectivity index (χ4v) is 4.48. The van der Waals surface area contributed by atoms with Gasteiger partial charge in [0.15, 0.2) is 11.5 Å². The summed E-state index contributed by atoms with van der Waals surface area (Å²) >= 11 is 1.57. The maximum absolute atomic E-state index is 12.3. The lowest BCUT2D eigenvalue weighted by Crippen LogP contribution is -2.02. The van der Waals surface area contributed by atoms with Crippen LogP contribution in [0.5, 0.6) is 11.5 Å². The monoisotopic (exact) mass is 324 g/mol. The van der Waals surface area contributed by atoms with Gasteiger partial charge in [-0.1, -0.05) is 24.3 Å². The van der Waals surface area contributed by atoms with Crippen LogP contribution in [0.2, 0.25) is 0 Å². The lowest BCUT2D eigenvalue weighted by molar-refractivity contribution is 0.174. The highest BCUT2D eigenvalue weighted by molar-refractivity contribution is 7.99. The standard InChI is InChI=1S/C18H12O4S/c19-18-17-12(11-3-1-2-4-13(11)22-18)8-16(23-17)10-5-6-14-15(7-10)21-9-20-14/h1-7,16H,8-9H2. The molecule has 5 heteroatoms. The average Bonchev–Trinajstić information content (AvgIpc) is 3.21. The fraction of sp³-hybridized carbons (Fsp3) is 0.167. The van der Waals surface area contributed by atoms with E-state index in [2.05, 4.69) is 0 Å². The Balaban J connectivity index is 1.60. The van der Waals surface area contributed by atoms with E-state index >= 15 is 0 Å². The Kier molecular flexibility index (Phi) is 2.73. The zero-order chi connectivity index (χ0) is 15.4. The molecule has 2 aliphatic rings. The molecule has 23 heavy (non-hydrogen) atoms. The molecule has 0 fully saturated rings. The molecule has 4 nitrogen and oxygen atoms in total. The first-order chi connectivity index (χ1) is 11.3. The van der Waals surface area contributed by atoms with E-state index in [4.69, 9.17) is 13.9 Å². The number of benzene rings is 2. The van der Waals surface area contributed by atoms with Crippen molar-refractivity contribution in [2.75, 3.05) is 6.79 Å². The van der Waals surface area contributed by atoms with Crippen LogP contribution >= 0.6 is 11.8 Å². The van der Waals surface area contributed by atoms with Crippen molar-refractivity contribution in [1.82, 2.24) is 0 Å². The zero-order valence-corrected chi connectivity index (χ0v) is 12.9. The molecule has 3 aromatic rings. The van der Waals surface area contributed by atoms with E-state index in [1.54, 1.807) is 11.8 Å². The Labute approximate surface area is 136 Å². The van der Waals surface area contributed by atoms with Crippen LogP contribution in [0.25, 0.3) is 11.0 Å². The molecule has 0 aliphatic carbocycles. The van der Waals surface area contributed by atoms with E-state index in [1.165, 1.54) is 0 Å². The molecule has 0 N–H and O–H groups in total. The van der Waals surface area contributed by atoms with Crippen molar-refractivity contribution in [3.63, 3.8) is 0 Å². The highest BCUT2D eigenvalue weighted by Gasteiger charge is 2.30. The summed E-state index contributed by atoms with van der Waals surface area (Å²) in [7, 11) is 0. The van der Waals surface area contributed by atoms with Crippen molar-refractivity contribution in [1.29, 1.82) is 0 Å². The molecule has 0 saturated heterocycles. The van der Waals surface area contributed by atoms with Gasteiger partial charge < -0.3 is 13.9 Å². The van der Waals surface area contributed by atoms with Gasteiger partial charge >= 0.3 is 5.63 Å². The van der Waals surface area contributed by atoms with Crippen LogP contribution in [-0.2, 0) is 6.42 Å². The molecule has 0 amide bonds. The predicted octanol–water partition coefficient (Wildman–Crippen LogP) is 3.91. The number of thioether (sulfide) groups is 1. The largest absolute Gasteiger partial charge is 0.454 e. The van der Waals surface area contributed by atoms with Gasteiger partial charge in [-0.2, -0.15) is 0 Å². The highest BCUT2D eigenvalue weighted by atomic mass is 32.2. The van der Waals surface area contributed by atoms with Crippen LogP contribution in [0.4, 0.5) is 0 Å². The van der Waals surface area contributed by atoms with Crippen molar-refractivity contribution in [3.05, 3.63) is 64.0 Å². The summed E-state index contributed by atoms with van der Waals surface area (Å²) in [5, 5.41) is 1.21. The molecule has 2 aliphatic heterocycles. The third kappa shape index (κ3) is 1.96. The summed E-state index contributed by atoms with van der Waals surface area (Å²) in [4.78, 5) is 13.0. The summed E-state index contributed by atoms with van der Waals surface area (Å²) in [6.45, 7) is 0.269. The normalized spacial score (nSPS) is 18.3. The molecule has 114 valence electrons. The zero-order valence-electron chi connectivity index (χ0n) is 12.1. The van der Waals surface area contributed by atoms with Crippen LogP contribution in [-0.4, -0.2) is 6.79 Å². The minimum absolute atomic E-state index is 0.188. The third-order valence-electron chi connectivity index (χ3n) is 4.29. The SMILES string of the molecule is O=c1oc2ccccc2c2c1SC(c1ccc3c(c1)OCO3)C2. The number of ether oxygens (including phenoxy) is 2. The number of hydrogen-bond acceptors (Lipinski definition) is 5. The van der Waals surface area contributed by atoms with Gasteiger partial charge in [0, 0.05) is 10.6 Å². The number of para-hydroxylation sites is 1. The average molecular weight is 324 g/mol. The lowest BCUT2D eigenvalue weighted by atomic mass is 10.0. The van der Waals surface area contributed by atoms with E-state index < -0.39 is 0 Å². The summed E-state index contributed by atoms with van der Waals surface area (Å²) in [5.41, 5.74) is 2.64. The van der Waals surface area contributed by atoms with Crippen molar-refractivity contribution in [3.8, 4) is 11.5 Å². The molecule has 1 atom stereocenters.